The van der Waals surface area contributed by atoms with E-state index in [4.69, 9.17) is 9.47 Å². The van der Waals surface area contributed by atoms with Crippen LogP contribution in [0.5, 0.6) is 5.75 Å². The first-order valence-corrected chi connectivity index (χ1v) is 12.7. The molecule has 2 atom stereocenters. The fraction of sp³-hybridized carbons (Fsp3) is 0.321. The summed E-state index contributed by atoms with van der Waals surface area (Å²) in [4.78, 5) is 16.2. The van der Waals surface area contributed by atoms with Gasteiger partial charge in [-0.2, -0.15) is 0 Å². The summed E-state index contributed by atoms with van der Waals surface area (Å²) < 4.78 is 24.3. The number of ether oxygens (including phenoxy) is 2. The van der Waals surface area contributed by atoms with Gasteiger partial charge in [0.15, 0.2) is 0 Å². The summed E-state index contributed by atoms with van der Waals surface area (Å²) in [5.41, 5.74) is 2.25. The smallest absolute Gasteiger partial charge is 0.237 e. The number of halogens is 1. The highest BCUT2D eigenvalue weighted by Gasteiger charge is 2.37. The number of hydrogen-bond donors (Lipinski definition) is 1. The Morgan fingerprint density at radius 2 is 1.77 bits per heavy atom. The minimum absolute atomic E-state index is 0.0204. The first-order chi connectivity index (χ1) is 17.1. The summed E-state index contributed by atoms with van der Waals surface area (Å²) in [6.07, 6.45) is 0.735. The predicted molar refractivity (Wildman–Crippen MR) is 137 cm³/mol. The van der Waals surface area contributed by atoms with E-state index in [-0.39, 0.29) is 23.0 Å². The van der Waals surface area contributed by atoms with E-state index in [0.29, 0.717) is 26.3 Å². The number of carbonyl (C=O) groups excluding carboxylic acids is 1. The Balaban J connectivity index is 1.38. The van der Waals surface area contributed by atoms with E-state index >= 15 is 0 Å². The van der Waals surface area contributed by atoms with Gasteiger partial charge in [-0.1, -0.05) is 42.5 Å². The zero-order valence-electron chi connectivity index (χ0n) is 19.9. The maximum Gasteiger partial charge on any atom is 0.237 e. The first-order valence-electron chi connectivity index (χ1n) is 11.8. The summed E-state index contributed by atoms with van der Waals surface area (Å²) in [5, 5.41) is 3.23. The molecule has 0 saturated carbocycles. The van der Waals surface area contributed by atoms with Crippen LogP contribution in [-0.2, 0) is 22.7 Å². The summed E-state index contributed by atoms with van der Waals surface area (Å²) >= 11 is 1.70. The number of carbonyl (C=O) groups is 1. The molecule has 184 valence electrons. The van der Waals surface area contributed by atoms with E-state index in [9.17, 15) is 9.18 Å². The van der Waals surface area contributed by atoms with Crippen molar-refractivity contribution in [2.24, 2.45) is 0 Å². The number of amides is 1. The lowest BCUT2D eigenvalue weighted by atomic mass is 10.1. The Hall–Kier alpha value is -2.87. The quantitative estimate of drug-likeness (QED) is 0.384. The number of likely N-dealkylation sites (tertiary alicyclic amines) is 1. The van der Waals surface area contributed by atoms with Gasteiger partial charge in [-0.25, -0.2) is 4.39 Å². The fourth-order valence-corrected chi connectivity index (χ4v) is 5.38. The second-order valence-electron chi connectivity index (χ2n) is 8.58. The van der Waals surface area contributed by atoms with E-state index in [1.165, 1.54) is 12.1 Å². The molecule has 1 saturated heterocycles. The highest BCUT2D eigenvalue weighted by molar-refractivity contribution is 8.00. The van der Waals surface area contributed by atoms with Gasteiger partial charge in [-0.3, -0.25) is 9.69 Å². The third kappa shape index (κ3) is 7.56. The molecule has 1 fully saturated rings. The topological polar surface area (TPSA) is 50.8 Å². The van der Waals surface area contributed by atoms with Gasteiger partial charge in [0, 0.05) is 36.9 Å². The van der Waals surface area contributed by atoms with Crippen molar-refractivity contribution < 1.29 is 18.7 Å². The monoisotopic (exact) mass is 494 g/mol. The van der Waals surface area contributed by atoms with Crippen molar-refractivity contribution in [2.75, 3.05) is 26.8 Å². The molecule has 1 aliphatic heterocycles. The van der Waals surface area contributed by atoms with Gasteiger partial charge in [0.1, 0.15) is 18.2 Å². The SMILES string of the molecule is COCCNC(=O)[C@@H]1C[C@@H](Sc2ccc(F)cc2)CN1Cc1ccc(OCc2ccccc2)cc1. The first kappa shape index (κ1) is 25.2. The summed E-state index contributed by atoms with van der Waals surface area (Å²) in [5.74, 6) is 0.596. The van der Waals surface area contributed by atoms with Crippen molar-refractivity contribution in [1.82, 2.24) is 10.2 Å². The molecule has 0 radical (unpaired) electrons. The standard InChI is InChI=1S/C28H31FN2O3S/c1-33-16-15-30-28(32)27-17-26(35-25-13-9-23(29)10-14-25)19-31(27)18-21-7-11-24(12-8-21)34-20-22-5-3-2-4-6-22/h2-14,26-27H,15-20H2,1H3,(H,30,32)/t26-,27+/m1/s1. The van der Waals surface area contributed by atoms with Gasteiger partial charge in [0.05, 0.1) is 12.6 Å². The van der Waals surface area contributed by atoms with Crippen molar-refractivity contribution in [3.05, 3.63) is 95.8 Å². The normalized spacial score (nSPS) is 17.9. The van der Waals surface area contributed by atoms with Crippen LogP contribution in [0.25, 0.3) is 0 Å². The lowest BCUT2D eigenvalue weighted by molar-refractivity contribution is -0.125. The van der Waals surface area contributed by atoms with Gasteiger partial charge in [-0.05, 0) is 53.9 Å². The Morgan fingerprint density at radius 3 is 2.49 bits per heavy atom. The average molecular weight is 495 g/mol. The minimum atomic E-state index is -0.242. The maximum absolute atomic E-state index is 13.3. The molecule has 1 aliphatic rings. The van der Waals surface area contributed by atoms with Crippen LogP contribution in [0.1, 0.15) is 17.5 Å². The molecule has 7 heteroatoms. The third-order valence-electron chi connectivity index (χ3n) is 5.95. The van der Waals surface area contributed by atoms with Crippen molar-refractivity contribution in [3.63, 3.8) is 0 Å². The lowest BCUT2D eigenvalue weighted by Gasteiger charge is -2.23. The van der Waals surface area contributed by atoms with Crippen molar-refractivity contribution in [1.29, 1.82) is 0 Å². The number of nitrogens with zero attached hydrogens (tertiary/aromatic N) is 1. The van der Waals surface area contributed by atoms with E-state index in [2.05, 4.69) is 22.3 Å². The molecule has 0 bridgehead atoms. The Bertz CT molecular complexity index is 1060. The van der Waals surface area contributed by atoms with Crippen molar-refractivity contribution in [2.45, 2.75) is 35.8 Å². The molecule has 1 N–H and O–H groups in total. The number of methoxy groups -OCH3 is 1. The van der Waals surface area contributed by atoms with Crippen LogP contribution in [0.4, 0.5) is 4.39 Å². The zero-order valence-corrected chi connectivity index (χ0v) is 20.7. The molecular formula is C28H31FN2O3S. The van der Waals surface area contributed by atoms with Crippen molar-refractivity contribution >= 4 is 17.7 Å². The van der Waals surface area contributed by atoms with E-state index in [1.807, 2.05) is 42.5 Å². The van der Waals surface area contributed by atoms with Crippen LogP contribution >= 0.6 is 11.8 Å². The van der Waals surface area contributed by atoms with Gasteiger partial charge in [0.25, 0.3) is 0 Å². The Morgan fingerprint density at radius 1 is 1.03 bits per heavy atom. The molecule has 4 rings (SSSR count). The molecular weight excluding hydrogens is 463 g/mol. The Labute approximate surface area is 210 Å². The van der Waals surface area contributed by atoms with E-state index < -0.39 is 0 Å². The average Bonchev–Trinajstić information content (AvgIpc) is 3.28. The molecule has 0 aliphatic carbocycles. The summed E-state index contributed by atoms with van der Waals surface area (Å²) in [7, 11) is 1.62. The summed E-state index contributed by atoms with van der Waals surface area (Å²) in [6, 6.07) is 24.5. The zero-order chi connectivity index (χ0) is 24.5. The highest BCUT2D eigenvalue weighted by Crippen LogP contribution is 2.34. The van der Waals surface area contributed by atoms with Gasteiger partial charge in [-0.15, -0.1) is 11.8 Å². The molecule has 0 spiro atoms. The molecule has 0 aromatic heterocycles. The van der Waals surface area contributed by atoms with Crippen LogP contribution in [0.2, 0.25) is 0 Å². The van der Waals surface area contributed by atoms with Gasteiger partial charge < -0.3 is 14.8 Å². The summed E-state index contributed by atoms with van der Waals surface area (Å²) in [6.45, 7) is 2.94. The largest absolute Gasteiger partial charge is 0.489 e. The number of rotatable bonds is 11. The molecule has 35 heavy (non-hydrogen) atoms. The second-order valence-corrected chi connectivity index (χ2v) is 9.95. The number of benzene rings is 3. The lowest BCUT2D eigenvalue weighted by Crippen LogP contribution is -2.43. The predicted octanol–water partition coefficient (Wildman–Crippen LogP) is 4.90. The highest BCUT2D eigenvalue weighted by atomic mass is 32.2. The number of nitrogens with one attached hydrogen (secondary N) is 1. The third-order valence-corrected chi connectivity index (χ3v) is 7.17. The van der Waals surface area contributed by atoms with Crippen LogP contribution < -0.4 is 10.1 Å². The molecule has 0 unspecified atom stereocenters. The molecule has 3 aromatic carbocycles. The van der Waals surface area contributed by atoms with Crippen LogP contribution in [0, 0.1) is 5.82 Å². The van der Waals surface area contributed by atoms with Crippen LogP contribution in [0.3, 0.4) is 0 Å². The Kier molecular flexibility index (Phi) is 9.17. The minimum Gasteiger partial charge on any atom is -0.489 e. The number of hydrogen-bond acceptors (Lipinski definition) is 5. The number of thioether (sulfide) groups is 1. The van der Waals surface area contributed by atoms with Gasteiger partial charge >= 0.3 is 0 Å². The fourth-order valence-electron chi connectivity index (χ4n) is 4.16. The molecule has 3 aromatic rings. The van der Waals surface area contributed by atoms with E-state index in [1.54, 1.807) is 31.0 Å². The molecule has 1 heterocycles. The molecule has 5 nitrogen and oxygen atoms in total. The van der Waals surface area contributed by atoms with Crippen LogP contribution in [0.15, 0.2) is 83.8 Å². The maximum atomic E-state index is 13.3. The second kappa shape index (κ2) is 12.7. The van der Waals surface area contributed by atoms with Crippen molar-refractivity contribution in [3.8, 4) is 5.75 Å². The van der Waals surface area contributed by atoms with Crippen LogP contribution in [-0.4, -0.2) is 48.9 Å². The molecule has 1 amide bonds. The van der Waals surface area contributed by atoms with Gasteiger partial charge in [0.2, 0.25) is 5.91 Å². The van der Waals surface area contributed by atoms with E-state index in [0.717, 1.165) is 34.7 Å².